The SMILES string of the molecule is O=C(C1CCCCN1)N1CCOc2c1ccc(Br)c2-c1c(Br)ccc2c1OCCN2C(=O)C1CCCCN1. The lowest BCUT2D eigenvalue weighted by Gasteiger charge is -2.36. The molecule has 2 amide bonds. The van der Waals surface area contributed by atoms with Crippen molar-refractivity contribution < 1.29 is 19.1 Å². The molecule has 0 saturated carbocycles. The first-order valence-corrected chi connectivity index (χ1v) is 15.1. The van der Waals surface area contributed by atoms with E-state index in [9.17, 15) is 9.59 Å². The molecule has 6 rings (SSSR count). The molecule has 0 spiro atoms. The third-order valence-electron chi connectivity index (χ3n) is 7.88. The number of carbonyl (C=O) groups excluding carboxylic acids is 2. The largest absolute Gasteiger partial charge is 0.489 e. The number of amides is 2. The monoisotopic (exact) mass is 646 g/mol. The standard InChI is InChI=1S/C28H32Br2N4O4/c29-17-7-9-21-25(37-15-13-33(21)27(35)19-5-1-3-11-31-19)23(17)24-18(30)8-10-22-26(24)38-16-14-34(22)28(36)20-6-2-4-12-32-20/h7-10,19-20,31-32H,1-6,11-16H2. The van der Waals surface area contributed by atoms with Crippen LogP contribution in [0.4, 0.5) is 11.4 Å². The van der Waals surface area contributed by atoms with Gasteiger partial charge in [0.15, 0.2) is 11.5 Å². The van der Waals surface area contributed by atoms with Crippen LogP contribution in [-0.4, -0.2) is 63.3 Å². The topological polar surface area (TPSA) is 83.1 Å². The summed E-state index contributed by atoms with van der Waals surface area (Å²) in [6.07, 6.45) is 6.00. The van der Waals surface area contributed by atoms with E-state index >= 15 is 0 Å². The molecule has 2 N–H and O–H groups in total. The Morgan fingerprint density at radius 2 is 1.16 bits per heavy atom. The number of halogens is 2. The predicted octanol–water partition coefficient (Wildman–Crippen LogP) is 4.61. The summed E-state index contributed by atoms with van der Waals surface area (Å²) in [5.74, 6) is 1.46. The van der Waals surface area contributed by atoms with Crippen LogP contribution in [0.3, 0.4) is 0 Å². The van der Waals surface area contributed by atoms with Crippen molar-refractivity contribution in [1.29, 1.82) is 0 Å². The highest BCUT2D eigenvalue weighted by Crippen LogP contribution is 2.53. The lowest BCUT2D eigenvalue weighted by atomic mass is 9.98. The Morgan fingerprint density at radius 3 is 1.55 bits per heavy atom. The van der Waals surface area contributed by atoms with Gasteiger partial charge in [-0.05, 0) is 63.0 Å². The van der Waals surface area contributed by atoms with Gasteiger partial charge in [0.05, 0.1) is 36.5 Å². The summed E-state index contributed by atoms with van der Waals surface area (Å²) >= 11 is 7.50. The molecule has 4 aliphatic heterocycles. The molecule has 38 heavy (non-hydrogen) atoms. The van der Waals surface area contributed by atoms with Crippen molar-refractivity contribution in [2.24, 2.45) is 0 Å². The Labute approximate surface area is 239 Å². The van der Waals surface area contributed by atoms with Crippen LogP contribution in [-0.2, 0) is 9.59 Å². The van der Waals surface area contributed by atoms with E-state index in [2.05, 4.69) is 42.5 Å². The fourth-order valence-electron chi connectivity index (χ4n) is 5.96. The minimum absolute atomic E-state index is 0.0877. The van der Waals surface area contributed by atoms with Crippen LogP contribution in [0, 0.1) is 0 Å². The summed E-state index contributed by atoms with van der Waals surface area (Å²) in [4.78, 5) is 30.8. The maximum Gasteiger partial charge on any atom is 0.244 e. The zero-order chi connectivity index (χ0) is 26.2. The van der Waals surface area contributed by atoms with Crippen LogP contribution in [0.25, 0.3) is 11.1 Å². The molecule has 2 aromatic carbocycles. The quantitative estimate of drug-likeness (QED) is 0.506. The fraction of sp³-hybridized carbons (Fsp3) is 0.500. The average molecular weight is 648 g/mol. The van der Waals surface area contributed by atoms with Gasteiger partial charge in [0, 0.05) is 20.1 Å². The van der Waals surface area contributed by atoms with E-state index in [1.807, 2.05) is 34.1 Å². The normalized spacial score (nSPS) is 23.1. The van der Waals surface area contributed by atoms with Gasteiger partial charge in [0.1, 0.15) is 13.2 Å². The third kappa shape index (κ3) is 4.74. The molecule has 0 aliphatic carbocycles. The van der Waals surface area contributed by atoms with E-state index < -0.39 is 0 Å². The molecule has 0 bridgehead atoms. The van der Waals surface area contributed by atoms with E-state index in [1.54, 1.807) is 0 Å². The van der Waals surface area contributed by atoms with Gasteiger partial charge in [-0.2, -0.15) is 0 Å². The Bertz CT molecular complexity index is 1150. The molecule has 4 heterocycles. The Hall–Kier alpha value is -2.14. The highest BCUT2D eigenvalue weighted by molar-refractivity contribution is 9.11. The molecule has 0 aromatic heterocycles. The first-order chi connectivity index (χ1) is 18.5. The zero-order valence-corrected chi connectivity index (χ0v) is 24.4. The molecule has 2 atom stereocenters. The van der Waals surface area contributed by atoms with Crippen LogP contribution in [0.5, 0.6) is 11.5 Å². The van der Waals surface area contributed by atoms with Crippen molar-refractivity contribution in [1.82, 2.24) is 10.6 Å². The van der Waals surface area contributed by atoms with Gasteiger partial charge < -0.3 is 29.9 Å². The predicted molar refractivity (Wildman–Crippen MR) is 154 cm³/mol. The van der Waals surface area contributed by atoms with Crippen LogP contribution < -0.4 is 29.9 Å². The maximum atomic E-state index is 13.5. The second-order valence-electron chi connectivity index (χ2n) is 10.2. The molecule has 2 unspecified atom stereocenters. The molecular formula is C28H32Br2N4O4. The van der Waals surface area contributed by atoms with Gasteiger partial charge in [-0.3, -0.25) is 9.59 Å². The second-order valence-corrected chi connectivity index (χ2v) is 11.9. The molecule has 4 aliphatic rings. The Kier molecular flexibility index (Phi) is 7.66. The number of fused-ring (bicyclic) bond motifs is 2. The van der Waals surface area contributed by atoms with Gasteiger partial charge in [0.2, 0.25) is 11.8 Å². The second kappa shape index (κ2) is 11.2. The number of piperidine rings is 2. The smallest absolute Gasteiger partial charge is 0.244 e. The zero-order valence-electron chi connectivity index (χ0n) is 21.2. The van der Waals surface area contributed by atoms with E-state index in [4.69, 9.17) is 9.47 Å². The Balaban J connectivity index is 1.41. The molecule has 2 saturated heterocycles. The lowest BCUT2D eigenvalue weighted by Crippen LogP contribution is -2.51. The molecule has 8 nitrogen and oxygen atoms in total. The van der Waals surface area contributed by atoms with E-state index in [1.165, 1.54) is 0 Å². The van der Waals surface area contributed by atoms with Crippen molar-refractivity contribution in [3.63, 3.8) is 0 Å². The average Bonchev–Trinajstić information content (AvgIpc) is 2.97. The molecular weight excluding hydrogens is 616 g/mol. The number of benzene rings is 2. The summed E-state index contributed by atoms with van der Waals surface area (Å²) in [5, 5.41) is 6.77. The number of carbonyl (C=O) groups is 2. The van der Waals surface area contributed by atoms with Crippen molar-refractivity contribution in [3.8, 4) is 22.6 Å². The Morgan fingerprint density at radius 1 is 0.711 bits per heavy atom. The van der Waals surface area contributed by atoms with Crippen LogP contribution in [0.15, 0.2) is 33.2 Å². The van der Waals surface area contributed by atoms with Crippen LogP contribution in [0.1, 0.15) is 38.5 Å². The first-order valence-electron chi connectivity index (χ1n) is 13.5. The number of ether oxygens (including phenoxy) is 2. The van der Waals surface area contributed by atoms with Crippen LogP contribution in [0.2, 0.25) is 0 Å². The summed E-state index contributed by atoms with van der Waals surface area (Å²) in [6, 6.07) is 7.46. The molecule has 10 heteroatoms. The molecule has 2 fully saturated rings. The van der Waals surface area contributed by atoms with Gasteiger partial charge >= 0.3 is 0 Å². The fourth-order valence-corrected chi connectivity index (χ4v) is 6.98. The summed E-state index contributed by atoms with van der Waals surface area (Å²) in [6.45, 7) is 3.55. The number of hydrogen-bond donors (Lipinski definition) is 2. The molecule has 0 radical (unpaired) electrons. The molecule has 202 valence electrons. The summed E-state index contributed by atoms with van der Waals surface area (Å²) in [5.41, 5.74) is 3.13. The number of hydrogen-bond acceptors (Lipinski definition) is 6. The summed E-state index contributed by atoms with van der Waals surface area (Å²) < 4.78 is 14.2. The van der Waals surface area contributed by atoms with Gasteiger partial charge in [-0.25, -0.2) is 0 Å². The highest BCUT2D eigenvalue weighted by atomic mass is 79.9. The van der Waals surface area contributed by atoms with E-state index in [-0.39, 0.29) is 23.9 Å². The van der Waals surface area contributed by atoms with Crippen molar-refractivity contribution in [3.05, 3.63) is 33.2 Å². The number of rotatable bonds is 3. The van der Waals surface area contributed by atoms with Gasteiger partial charge in [-0.1, -0.05) is 44.7 Å². The van der Waals surface area contributed by atoms with Gasteiger partial charge in [-0.15, -0.1) is 0 Å². The van der Waals surface area contributed by atoms with E-state index in [0.717, 1.165) is 83.1 Å². The first kappa shape index (κ1) is 26.1. The molecule has 2 aromatic rings. The highest BCUT2D eigenvalue weighted by Gasteiger charge is 2.36. The maximum absolute atomic E-state index is 13.5. The van der Waals surface area contributed by atoms with Gasteiger partial charge in [0.25, 0.3) is 0 Å². The lowest BCUT2D eigenvalue weighted by molar-refractivity contribution is -0.122. The van der Waals surface area contributed by atoms with Crippen molar-refractivity contribution >= 4 is 55.0 Å². The van der Waals surface area contributed by atoms with Crippen molar-refractivity contribution in [2.75, 3.05) is 49.2 Å². The minimum Gasteiger partial charge on any atom is -0.489 e. The van der Waals surface area contributed by atoms with Crippen LogP contribution >= 0.6 is 31.9 Å². The number of nitrogens with zero attached hydrogens (tertiary/aromatic N) is 2. The minimum atomic E-state index is -0.172. The number of anilines is 2. The number of nitrogens with one attached hydrogen (secondary N) is 2. The van der Waals surface area contributed by atoms with Crippen molar-refractivity contribution in [2.45, 2.75) is 50.6 Å². The van der Waals surface area contributed by atoms with E-state index in [0.29, 0.717) is 37.8 Å². The summed E-state index contributed by atoms with van der Waals surface area (Å²) in [7, 11) is 0. The third-order valence-corrected chi connectivity index (χ3v) is 9.20.